The lowest BCUT2D eigenvalue weighted by molar-refractivity contribution is 0.306. The van der Waals surface area contributed by atoms with E-state index in [1.165, 1.54) is 24.3 Å². The number of hydrogen-bond donors (Lipinski definition) is 1. The molecule has 0 saturated carbocycles. The number of tetrazole rings is 1. The van der Waals surface area contributed by atoms with Crippen LogP contribution in [0.3, 0.4) is 0 Å². The fraction of sp³-hybridized carbons (Fsp3) is 0.0714. The fourth-order valence-electron chi connectivity index (χ4n) is 1.91. The number of H-pyrrole nitrogens is 1. The van der Waals surface area contributed by atoms with Gasteiger partial charge in [0.25, 0.3) is 0 Å². The topological polar surface area (TPSA) is 107 Å². The van der Waals surface area contributed by atoms with Crippen molar-refractivity contribution in [2.45, 2.75) is 6.61 Å². The van der Waals surface area contributed by atoms with Crippen molar-refractivity contribution in [3.05, 3.63) is 54.1 Å². The van der Waals surface area contributed by atoms with Crippen LogP contribution in [0.25, 0.3) is 11.4 Å². The van der Waals surface area contributed by atoms with Crippen LogP contribution in [0, 0.1) is 0 Å². The first-order chi connectivity index (χ1) is 11.5. The molecule has 1 heterocycles. The van der Waals surface area contributed by atoms with Crippen molar-refractivity contribution in [1.29, 1.82) is 0 Å². The summed E-state index contributed by atoms with van der Waals surface area (Å²) in [5, 5.41) is 13.6. The minimum absolute atomic E-state index is 0.130. The largest absolute Gasteiger partial charge is 0.489 e. The van der Waals surface area contributed by atoms with E-state index in [-0.39, 0.29) is 5.75 Å². The maximum absolute atomic E-state index is 12.4. The molecule has 1 N–H and O–H groups in total. The molecule has 3 aromatic rings. The molecule has 0 bridgehead atoms. The molecule has 2 aromatic carbocycles. The summed E-state index contributed by atoms with van der Waals surface area (Å²) in [6.45, 7) is 0.300. The normalized spacial score (nSPS) is 11.2. The summed E-state index contributed by atoms with van der Waals surface area (Å²) < 4.78 is 42.8. The summed E-state index contributed by atoms with van der Waals surface area (Å²) in [6.07, 6.45) is 0. The van der Waals surface area contributed by atoms with Gasteiger partial charge in [-0.25, -0.2) is 0 Å². The molecular weight excluding hydrogens is 339 g/mol. The average Bonchev–Trinajstić information content (AvgIpc) is 3.08. The van der Waals surface area contributed by atoms with E-state index >= 15 is 0 Å². The van der Waals surface area contributed by atoms with Crippen molar-refractivity contribution < 1.29 is 21.2 Å². The zero-order chi connectivity index (χ0) is 17.0. The summed E-state index contributed by atoms with van der Waals surface area (Å²) in [7, 11) is -5.03. The predicted octanol–water partition coefficient (Wildman–Crippen LogP) is 2.04. The van der Waals surface area contributed by atoms with Gasteiger partial charge in [0.1, 0.15) is 18.1 Å². The Hall–Kier alpha value is -3.01. The fourth-order valence-corrected chi connectivity index (χ4v) is 2.25. The quantitative estimate of drug-likeness (QED) is 0.678. The molecule has 24 heavy (non-hydrogen) atoms. The van der Waals surface area contributed by atoms with Crippen LogP contribution in [-0.2, 0) is 17.1 Å². The third kappa shape index (κ3) is 4.26. The Bertz CT molecular complexity index is 897. The van der Waals surface area contributed by atoms with Gasteiger partial charge in [-0.05, 0) is 35.0 Å². The Morgan fingerprint density at radius 1 is 1.00 bits per heavy atom. The molecule has 0 radical (unpaired) electrons. The number of benzene rings is 2. The first-order valence-corrected chi connectivity index (χ1v) is 8.00. The monoisotopic (exact) mass is 350 g/mol. The van der Waals surface area contributed by atoms with Gasteiger partial charge in [-0.1, -0.05) is 28.2 Å². The van der Waals surface area contributed by atoms with Gasteiger partial charge in [0.15, 0.2) is 0 Å². The number of nitrogens with one attached hydrogen (secondary N) is 1. The molecule has 8 nitrogen and oxygen atoms in total. The lowest BCUT2D eigenvalue weighted by Gasteiger charge is -2.07. The highest BCUT2D eigenvalue weighted by Crippen LogP contribution is 2.21. The maximum Gasteiger partial charge on any atom is 0.488 e. The maximum atomic E-state index is 12.4. The molecule has 0 spiro atoms. The van der Waals surface area contributed by atoms with Crippen LogP contribution in [-0.4, -0.2) is 29.0 Å². The van der Waals surface area contributed by atoms with E-state index in [1.54, 1.807) is 0 Å². The Kier molecular flexibility index (Phi) is 4.38. The van der Waals surface area contributed by atoms with Crippen molar-refractivity contribution in [3.63, 3.8) is 0 Å². The predicted molar refractivity (Wildman–Crippen MR) is 81.0 cm³/mol. The number of aromatic amines is 1. The lowest BCUT2D eigenvalue weighted by Crippen LogP contribution is -2.01. The second kappa shape index (κ2) is 6.62. The van der Waals surface area contributed by atoms with Crippen LogP contribution < -0.4 is 8.92 Å². The van der Waals surface area contributed by atoms with Gasteiger partial charge in [-0.3, -0.25) is 0 Å². The highest BCUT2D eigenvalue weighted by atomic mass is 32.3. The van der Waals surface area contributed by atoms with Crippen molar-refractivity contribution in [2.75, 3.05) is 0 Å². The third-order valence-electron chi connectivity index (χ3n) is 2.98. The minimum atomic E-state index is -5.03. The molecule has 0 saturated heterocycles. The SMILES string of the molecule is O=S(=O)(F)Oc1ccc(OCc2ccc(-c3nn[nH]n3)cc2)cc1. The van der Waals surface area contributed by atoms with E-state index in [9.17, 15) is 12.3 Å². The number of nitrogens with zero attached hydrogens (tertiary/aromatic N) is 3. The van der Waals surface area contributed by atoms with Gasteiger partial charge in [0.2, 0.25) is 5.82 Å². The number of aromatic nitrogens is 4. The van der Waals surface area contributed by atoms with Gasteiger partial charge in [0, 0.05) is 5.56 Å². The molecule has 0 unspecified atom stereocenters. The average molecular weight is 350 g/mol. The van der Waals surface area contributed by atoms with Crippen LogP contribution in [0.4, 0.5) is 3.89 Å². The standard InChI is InChI=1S/C14H11FN4O4S/c15-24(20,21)23-13-7-5-12(6-8-13)22-9-10-1-3-11(4-2-10)14-16-18-19-17-14/h1-8H,9H2,(H,16,17,18,19). The molecule has 124 valence electrons. The Morgan fingerprint density at radius 2 is 1.67 bits per heavy atom. The molecule has 0 aliphatic carbocycles. The van der Waals surface area contributed by atoms with Crippen molar-refractivity contribution in [1.82, 2.24) is 20.6 Å². The molecule has 10 heteroatoms. The Morgan fingerprint density at radius 3 is 2.25 bits per heavy atom. The summed E-state index contributed by atoms with van der Waals surface area (Å²) in [6, 6.07) is 13.0. The molecule has 0 aliphatic rings. The van der Waals surface area contributed by atoms with Crippen LogP contribution in [0.15, 0.2) is 48.5 Å². The number of ether oxygens (including phenoxy) is 1. The zero-order valence-corrected chi connectivity index (χ0v) is 12.9. The Balaban J connectivity index is 1.59. The molecule has 0 aliphatic heterocycles. The highest BCUT2D eigenvalue weighted by molar-refractivity contribution is 7.81. The van der Waals surface area contributed by atoms with E-state index < -0.39 is 10.5 Å². The number of halogens is 1. The van der Waals surface area contributed by atoms with E-state index in [0.717, 1.165) is 11.1 Å². The van der Waals surface area contributed by atoms with Crippen LogP contribution >= 0.6 is 0 Å². The van der Waals surface area contributed by atoms with Crippen LogP contribution in [0.1, 0.15) is 5.56 Å². The van der Waals surface area contributed by atoms with E-state index in [1.807, 2.05) is 24.3 Å². The van der Waals surface area contributed by atoms with Gasteiger partial charge >= 0.3 is 10.5 Å². The molecule has 0 atom stereocenters. The molecule has 0 amide bonds. The van der Waals surface area contributed by atoms with E-state index in [0.29, 0.717) is 18.2 Å². The van der Waals surface area contributed by atoms with Crippen LogP contribution in [0.2, 0.25) is 0 Å². The smallest absolute Gasteiger partial charge is 0.488 e. The van der Waals surface area contributed by atoms with Gasteiger partial charge < -0.3 is 8.92 Å². The zero-order valence-electron chi connectivity index (χ0n) is 12.1. The molecule has 0 fully saturated rings. The second-order valence-electron chi connectivity index (χ2n) is 4.67. The number of rotatable bonds is 6. The summed E-state index contributed by atoms with van der Waals surface area (Å²) in [5.41, 5.74) is 1.73. The van der Waals surface area contributed by atoms with Gasteiger partial charge in [0.05, 0.1) is 0 Å². The second-order valence-corrected chi connectivity index (χ2v) is 5.62. The summed E-state index contributed by atoms with van der Waals surface area (Å²) >= 11 is 0. The third-order valence-corrected chi connectivity index (χ3v) is 3.37. The molecular formula is C14H11FN4O4S. The lowest BCUT2D eigenvalue weighted by atomic mass is 10.1. The van der Waals surface area contributed by atoms with Gasteiger partial charge in [-0.15, -0.1) is 10.2 Å². The van der Waals surface area contributed by atoms with Crippen molar-refractivity contribution in [2.24, 2.45) is 0 Å². The van der Waals surface area contributed by atoms with Crippen molar-refractivity contribution >= 4 is 10.5 Å². The van der Waals surface area contributed by atoms with E-state index in [2.05, 4.69) is 24.8 Å². The molecule has 3 rings (SSSR count). The molecule has 1 aromatic heterocycles. The van der Waals surface area contributed by atoms with E-state index in [4.69, 9.17) is 4.74 Å². The Labute approximate surface area is 136 Å². The minimum Gasteiger partial charge on any atom is -0.489 e. The first-order valence-electron chi connectivity index (χ1n) is 6.69. The number of hydrogen-bond acceptors (Lipinski definition) is 7. The van der Waals surface area contributed by atoms with Crippen molar-refractivity contribution in [3.8, 4) is 22.9 Å². The summed E-state index contributed by atoms with van der Waals surface area (Å²) in [5.74, 6) is 0.857. The highest BCUT2D eigenvalue weighted by Gasteiger charge is 2.09. The van der Waals surface area contributed by atoms with Crippen LogP contribution in [0.5, 0.6) is 11.5 Å². The van der Waals surface area contributed by atoms with Gasteiger partial charge in [-0.2, -0.15) is 13.6 Å². The first kappa shape index (κ1) is 15.9. The summed E-state index contributed by atoms with van der Waals surface area (Å²) in [4.78, 5) is 0.